The Morgan fingerprint density at radius 1 is 1.25 bits per heavy atom. The number of carbonyl (C=O) groups excluding carboxylic acids is 1. The van der Waals surface area contributed by atoms with E-state index in [0.29, 0.717) is 11.6 Å². The molecule has 7 heteroatoms. The van der Waals surface area contributed by atoms with Gasteiger partial charge in [-0.2, -0.15) is 0 Å². The summed E-state index contributed by atoms with van der Waals surface area (Å²) in [5.41, 5.74) is 4.03. The molecule has 3 aromatic rings. The molecule has 0 aliphatic heterocycles. The molecule has 0 aliphatic rings. The third-order valence-electron chi connectivity index (χ3n) is 4.63. The Balaban J connectivity index is 1.41. The number of carbonyl (C=O) groups is 1. The van der Waals surface area contributed by atoms with Crippen LogP contribution in [-0.2, 0) is 11.3 Å². The quantitative estimate of drug-likeness (QED) is 0.522. The minimum absolute atomic E-state index is 0.162. The zero-order valence-electron chi connectivity index (χ0n) is 16.1. The number of benzene rings is 2. The fourth-order valence-corrected chi connectivity index (χ4v) is 3.29. The normalized spacial score (nSPS) is 12.0. The van der Waals surface area contributed by atoms with Crippen molar-refractivity contribution in [1.82, 2.24) is 14.9 Å². The summed E-state index contributed by atoms with van der Waals surface area (Å²) < 4.78 is 7.41. The summed E-state index contributed by atoms with van der Waals surface area (Å²) in [5.74, 6) is 0. The van der Waals surface area contributed by atoms with Gasteiger partial charge in [-0.25, -0.2) is 9.78 Å². The first kappa shape index (κ1) is 20.0. The summed E-state index contributed by atoms with van der Waals surface area (Å²) >= 11 is 5.99. The smallest absolute Gasteiger partial charge is 0.407 e. The summed E-state index contributed by atoms with van der Waals surface area (Å²) in [4.78, 5) is 16.4. The Labute approximate surface area is 169 Å². The van der Waals surface area contributed by atoms with E-state index in [0.717, 1.165) is 41.7 Å². The highest BCUT2D eigenvalue weighted by Gasteiger charge is 2.11. The van der Waals surface area contributed by atoms with Gasteiger partial charge < -0.3 is 19.9 Å². The second-order valence-corrected chi connectivity index (χ2v) is 7.06. The van der Waals surface area contributed by atoms with E-state index >= 15 is 0 Å². The Morgan fingerprint density at radius 3 is 2.86 bits per heavy atom. The van der Waals surface area contributed by atoms with Crippen LogP contribution in [-0.4, -0.2) is 29.3 Å². The van der Waals surface area contributed by atoms with E-state index in [9.17, 15) is 4.79 Å². The number of para-hydroxylation sites is 1. The molecule has 1 aromatic heterocycles. The number of nitrogens with zero attached hydrogens (tertiary/aromatic N) is 2. The molecule has 1 amide bonds. The molecular formula is C21H25ClN4O2. The number of nitrogens with one attached hydrogen (secondary N) is 2. The zero-order chi connectivity index (χ0) is 19.9. The molecule has 6 nitrogen and oxygen atoms in total. The minimum atomic E-state index is -0.417. The summed E-state index contributed by atoms with van der Waals surface area (Å²) in [6.07, 6.45) is 3.11. The standard InChI is InChI=1S/C21H25ClN4O2/c1-15(16-7-5-8-17(22)13-16)25-21(27)28-12-4-3-11-26-14-24-20-18(23-2)9-6-10-19(20)26/h5-10,13-15,23H,3-4,11-12H2,1-2H3,(H,25,27). The number of fused-ring (bicyclic) bond motifs is 1. The SMILES string of the molecule is CNc1cccc2c1ncn2CCCCOC(=O)NC(C)c1cccc(Cl)c1. The third-order valence-corrected chi connectivity index (χ3v) is 4.86. The van der Waals surface area contributed by atoms with Crippen LogP contribution in [0.1, 0.15) is 31.4 Å². The van der Waals surface area contributed by atoms with E-state index in [-0.39, 0.29) is 6.04 Å². The highest BCUT2D eigenvalue weighted by atomic mass is 35.5. The maximum Gasteiger partial charge on any atom is 0.407 e. The average Bonchev–Trinajstić information content (AvgIpc) is 3.11. The van der Waals surface area contributed by atoms with Gasteiger partial charge in [-0.15, -0.1) is 0 Å². The molecule has 0 radical (unpaired) electrons. The van der Waals surface area contributed by atoms with Gasteiger partial charge in [-0.3, -0.25) is 0 Å². The van der Waals surface area contributed by atoms with E-state index in [1.807, 2.05) is 50.6 Å². The first-order valence-corrected chi connectivity index (χ1v) is 9.76. The Kier molecular flexibility index (Phi) is 6.76. The lowest BCUT2D eigenvalue weighted by molar-refractivity contribution is 0.140. The van der Waals surface area contributed by atoms with Crippen LogP contribution in [0, 0.1) is 0 Å². The largest absolute Gasteiger partial charge is 0.450 e. The maximum atomic E-state index is 12.0. The first-order chi connectivity index (χ1) is 13.6. The fraction of sp³-hybridized carbons (Fsp3) is 0.333. The van der Waals surface area contributed by atoms with E-state index in [4.69, 9.17) is 16.3 Å². The lowest BCUT2D eigenvalue weighted by Crippen LogP contribution is -2.27. The fourth-order valence-electron chi connectivity index (χ4n) is 3.10. The lowest BCUT2D eigenvalue weighted by atomic mass is 10.1. The molecule has 1 unspecified atom stereocenters. The van der Waals surface area contributed by atoms with Crippen molar-refractivity contribution in [2.45, 2.75) is 32.4 Å². The molecule has 1 atom stereocenters. The van der Waals surface area contributed by atoms with Gasteiger partial charge in [0.1, 0.15) is 5.52 Å². The van der Waals surface area contributed by atoms with Gasteiger partial charge in [0.2, 0.25) is 0 Å². The zero-order valence-corrected chi connectivity index (χ0v) is 16.9. The molecule has 2 aromatic carbocycles. The average molecular weight is 401 g/mol. The number of aryl methyl sites for hydroxylation is 1. The predicted molar refractivity (Wildman–Crippen MR) is 113 cm³/mol. The molecule has 1 heterocycles. The molecule has 0 spiro atoms. The van der Waals surface area contributed by atoms with Crippen molar-refractivity contribution < 1.29 is 9.53 Å². The number of hydrogen-bond donors (Lipinski definition) is 2. The van der Waals surface area contributed by atoms with Crippen LogP contribution in [0.25, 0.3) is 11.0 Å². The molecule has 0 aliphatic carbocycles. The molecular weight excluding hydrogens is 376 g/mol. The van der Waals surface area contributed by atoms with E-state index < -0.39 is 6.09 Å². The van der Waals surface area contributed by atoms with E-state index in [1.54, 1.807) is 6.07 Å². The molecule has 0 saturated carbocycles. The Hall–Kier alpha value is -2.73. The number of amides is 1. The number of anilines is 1. The third kappa shape index (κ3) is 4.95. The maximum absolute atomic E-state index is 12.0. The van der Waals surface area contributed by atoms with Crippen molar-refractivity contribution in [3.05, 3.63) is 59.4 Å². The molecule has 0 bridgehead atoms. The van der Waals surface area contributed by atoms with E-state index in [2.05, 4.69) is 26.3 Å². The van der Waals surface area contributed by atoms with Gasteiger partial charge in [0.05, 0.1) is 30.2 Å². The number of alkyl carbamates (subject to hydrolysis) is 1. The second-order valence-electron chi connectivity index (χ2n) is 6.63. The summed E-state index contributed by atoms with van der Waals surface area (Å²) in [7, 11) is 1.89. The second kappa shape index (κ2) is 9.46. The van der Waals surface area contributed by atoms with Gasteiger partial charge >= 0.3 is 6.09 Å². The van der Waals surface area contributed by atoms with Gasteiger partial charge in [0, 0.05) is 18.6 Å². The molecule has 28 heavy (non-hydrogen) atoms. The van der Waals surface area contributed by atoms with Crippen LogP contribution in [0.3, 0.4) is 0 Å². The van der Waals surface area contributed by atoms with Gasteiger partial charge in [-0.1, -0.05) is 29.8 Å². The first-order valence-electron chi connectivity index (χ1n) is 9.39. The molecule has 0 saturated heterocycles. The van der Waals surface area contributed by atoms with Crippen molar-refractivity contribution in [2.75, 3.05) is 19.0 Å². The van der Waals surface area contributed by atoms with Gasteiger partial charge in [0.25, 0.3) is 0 Å². The van der Waals surface area contributed by atoms with Gasteiger partial charge in [-0.05, 0) is 49.6 Å². The van der Waals surface area contributed by atoms with Crippen molar-refractivity contribution >= 4 is 34.4 Å². The van der Waals surface area contributed by atoms with Crippen molar-refractivity contribution in [3.63, 3.8) is 0 Å². The minimum Gasteiger partial charge on any atom is -0.450 e. The van der Waals surface area contributed by atoms with Crippen LogP contribution < -0.4 is 10.6 Å². The highest BCUT2D eigenvalue weighted by Crippen LogP contribution is 2.22. The number of halogens is 1. The predicted octanol–water partition coefficient (Wildman–Crippen LogP) is 5.00. The van der Waals surface area contributed by atoms with Gasteiger partial charge in [0.15, 0.2) is 0 Å². The Bertz CT molecular complexity index is 941. The lowest BCUT2D eigenvalue weighted by Gasteiger charge is -2.14. The molecule has 2 N–H and O–H groups in total. The molecule has 3 rings (SSSR count). The molecule has 148 valence electrons. The number of imidazole rings is 1. The van der Waals surface area contributed by atoms with Crippen LogP contribution in [0.15, 0.2) is 48.8 Å². The van der Waals surface area contributed by atoms with E-state index in [1.165, 1.54) is 0 Å². The highest BCUT2D eigenvalue weighted by molar-refractivity contribution is 6.30. The summed E-state index contributed by atoms with van der Waals surface area (Å²) in [6, 6.07) is 13.3. The van der Waals surface area contributed by atoms with Crippen LogP contribution in [0.5, 0.6) is 0 Å². The number of aromatic nitrogens is 2. The number of ether oxygens (including phenoxy) is 1. The number of unbranched alkanes of at least 4 members (excludes halogenated alkanes) is 1. The van der Waals surface area contributed by atoms with Crippen LogP contribution >= 0.6 is 11.6 Å². The number of rotatable bonds is 8. The molecule has 0 fully saturated rings. The number of hydrogen-bond acceptors (Lipinski definition) is 4. The monoisotopic (exact) mass is 400 g/mol. The topological polar surface area (TPSA) is 68.2 Å². The summed E-state index contributed by atoms with van der Waals surface area (Å²) in [6.45, 7) is 3.10. The van der Waals surface area contributed by atoms with Crippen molar-refractivity contribution in [3.8, 4) is 0 Å². The van der Waals surface area contributed by atoms with Crippen molar-refractivity contribution in [2.24, 2.45) is 0 Å². The van der Waals surface area contributed by atoms with Crippen molar-refractivity contribution in [1.29, 1.82) is 0 Å². The van der Waals surface area contributed by atoms with Crippen LogP contribution in [0.2, 0.25) is 5.02 Å². The Morgan fingerprint density at radius 2 is 2.07 bits per heavy atom. The van der Waals surface area contributed by atoms with Crippen LogP contribution in [0.4, 0.5) is 10.5 Å². The summed E-state index contributed by atoms with van der Waals surface area (Å²) in [5, 5.41) is 6.62.